The number of hydrogen-bond acceptors (Lipinski definition) is 5. The minimum absolute atomic E-state index is 0.0599. The van der Waals surface area contributed by atoms with Gasteiger partial charge in [0.15, 0.2) is 0 Å². The van der Waals surface area contributed by atoms with Gasteiger partial charge in [-0.3, -0.25) is 19.8 Å². The van der Waals surface area contributed by atoms with Gasteiger partial charge in [0.05, 0.1) is 23.6 Å². The zero-order chi connectivity index (χ0) is 15.5. The summed E-state index contributed by atoms with van der Waals surface area (Å²) >= 11 is 1.54. The molecule has 21 heavy (non-hydrogen) atoms. The topological polar surface area (TPSA) is 69.6 Å². The van der Waals surface area contributed by atoms with Gasteiger partial charge in [0.1, 0.15) is 0 Å². The van der Waals surface area contributed by atoms with Gasteiger partial charge in [0.25, 0.3) is 0 Å². The van der Waals surface area contributed by atoms with E-state index < -0.39 is 5.54 Å². The lowest BCUT2D eigenvalue weighted by atomic mass is 9.98. The summed E-state index contributed by atoms with van der Waals surface area (Å²) in [6.45, 7) is 4.43. The van der Waals surface area contributed by atoms with Gasteiger partial charge < -0.3 is 5.11 Å². The smallest absolute Gasteiger partial charge is 0.246 e. The van der Waals surface area contributed by atoms with Crippen molar-refractivity contribution in [1.29, 1.82) is 0 Å². The van der Waals surface area contributed by atoms with Crippen LogP contribution in [0.15, 0.2) is 12.1 Å². The molecule has 6 heteroatoms. The van der Waals surface area contributed by atoms with Gasteiger partial charge in [0.2, 0.25) is 11.8 Å². The first-order valence-corrected chi connectivity index (χ1v) is 7.53. The van der Waals surface area contributed by atoms with E-state index in [4.69, 9.17) is 5.11 Å². The van der Waals surface area contributed by atoms with E-state index in [9.17, 15) is 9.59 Å². The Balaban J connectivity index is 2.09. The number of thiophene rings is 1. The van der Waals surface area contributed by atoms with Crippen molar-refractivity contribution in [3.05, 3.63) is 21.9 Å². The van der Waals surface area contributed by atoms with E-state index in [0.29, 0.717) is 13.0 Å². The maximum atomic E-state index is 11.9. The molecule has 2 N–H and O–H groups in total. The molecule has 0 spiro atoms. The summed E-state index contributed by atoms with van der Waals surface area (Å²) in [5, 5.41) is 11.1. The highest BCUT2D eigenvalue weighted by Gasteiger charge is 2.40. The number of amides is 2. The molecule has 0 atom stereocenters. The number of nitrogens with one attached hydrogen (secondary N) is 1. The number of aliphatic hydroxyl groups excluding tert-OH is 1. The van der Waals surface area contributed by atoms with Crippen LogP contribution < -0.4 is 5.32 Å². The van der Waals surface area contributed by atoms with Gasteiger partial charge >= 0.3 is 0 Å². The number of rotatable bonds is 3. The third-order valence-corrected chi connectivity index (χ3v) is 4.38. The zero-order valence-corrected chi connectivity index (χ0v) is 12.9. The minimum atomic E-state index is -0.708. The van der Waals surface area contributed by atoms with Crippen molar-refractivity contribution >= 4 is 23.2 Å². The SMILES string of the molecule is CC1(C)C(=O)NC(=O)CN1Cc1ccc(C#CCCO)s1. The standard InChI is InChI=1S/C15H18N2O3S/c1-15(2)14(20)16-13(19)10-17(15)9-12-7-6-11(21-12)5-3-4-8-18/h6-7,18H,4,8-10H2,1-2H3,(H,16,19,20). The molecule has 5 nitrogen and oxygen atoms in total. The quantitative estimate of drug-likeness (QED) is 0.638. The Morgan fingerprint density at radius 1 is 1.43 bits per heavy atom. The van der Waals surface area contributed by atoms with Gasteiger partial charge in [0, 0.05) is 17.8 Å². The molecule has 1 saturated heterocycles. The molecule has 0 bridgehead atoms. The lowest BCUT2D eigenvalue weighted by molar-refractivity contribution is -0.145. The number of carbonyl (C=O) groups is 2. The lowest BCUT2D eigenvalue weighted by Gasteiger charge is -2.39. The molecule has 1 fully saturated rings. The Morgan fingerprint density at radius 3 is 2.90 bits per heavy atom. The monoisotopic (exact) mass is 306 g/mol. The molecular formula is C15H18N2O3S. The Hall–Kier alpha value is -1.68. The maximum Gasteiger partial charge on any atom is 0.246 e. The van der Waals surface area contributed by atoms with E-state index in [2.05, 4.69) is 17.2 Å². The molecule has 2 heterocycles. The van der Waals surface area contributed by atoms with Gasteiger partial charge in [-0.2, -0.15) is 0 Å². The molecule has 0 saturated carbocycles. The minimum Gasteiger partial charge on any atom is -0.395 e. The molecule has 1 aliphatic heterocycles. The predicted molar refractivity (Wildman–Crippen MR) is 80.5 cm³/mol. The summed E-state index contributed by atoms with van der Waals surface area (Å²) < 4.78 is 0. The molecule has 1 aliphatic rings. The maximum absolute atomic E-state index is 11.9. The van der Waals surface area contributed by atoms with E-state index in [1.807, 2.05) is 30.9 Å². The van der Waals surface area contributed by atoms with Gasteiger partial charge in [-0.05, 0) is 26.0 Å². The van der Waals surface area contributed by atoms with Gasteiger partial charge in [-0.1, -0.05) is 11.8 Å². The fourth-order valence-corrected chi connectivity index (χ4v) is 2.91. The van der Waals surface area contributed by atoms with Crippen molar-refractivity contribution in [2.45, 2.75) is 32.4 Å². The highest BCUT2D eigenvalue weighted by molar-refractivity contribution is 7.12. The molecule has 1 aromatic heterocycles. The first-order valence-electron chi connectivity index (χ1n) is 6.71. The van der Waals surface area contributed by atoms with Crippen LogP contribution in [0.3, 0.4) is 0 Å². The van der Waals surface area contributed by atoms with Crippen molar-refractivity contribution < 1.29 is 14.7 Å². The molecule has 0 aliphatic carbocycles. The van der Waals surface area contributed by atoms with Crippen LogP contribution in [-0.4, -0.2) is 40.5 Å². The summed E-state index contributed by atoms with van der Waals surface area (Å²) in [5.74, 6) is 5.33. The lowest BCUT2D eigenvalue weighted by Crippen LogP contribution is -2.63. The van der Waals surface area contributed by atoms with Crippen molar-refractivity contribution in [1.82, 2.24) is 10.2 Å². The zero-order valence-electron chi connectivity index (χ0n) is 12.1. The fraction of sp³-hybridized carbons (Fsp3) is 0.467. The highest BCUT2D eigenvalue weighted by Crippen LogP contribution is 2.24. The third kappa shape index (κ3) is 3.70. The highest BCUT2D eigenvalue weighted by atomic mass is 32.1. The average molecular weight is 306 g/mol. The second-order valence-electron chi connectivity index (χ2n) is 5.33. The van der Waals surface area contributed by atoms with Crippen molar-refractivity contribution in [2.24, 2.45) is 0 Å². The largest absolute Gasteiger partial charge is 0.395 e. The Labute approximate surface area is 128 Å². The third-order valence-electron chi connectivity index (χ3n) is 3.39. The molecular weight excluding hydrogens is 288 g/mol. The first kappa shape index (κ1) is 15.7. The number of hydrogen-bond donors (Lipinski definition) is 2. The fourth-order valence-electron chi connectivity index (χ4n) is 2.01. The number of aliphatic hydroxyl groups is 1. The second-order valence-corrected chi connectivity index (χ2v) is 6.50. The Kier molecular flexibility index (Phi) is 4.78. The van der Waals surface area contributed by atoms with Crippen molar-refractivity contribution in [2.75, 3.05) is 13.2 Å². The normalized spacial score (nSPS) is 18.0. The molecule has 2 amide bonds. The van der Waals surface area contributed by atoms with Crippen LogP contribution in [0.2, 0.25) is 0 Å². The molecule has 112 valence electrons. The predicted octanol–water partition coefficient (Wildman–Crippen LogP) is 0.719. The molecule has 1 aromatic rings. The molecule has 0 aromatic carbocycles. The number of nitrogens with zero attached hydrogens (tertiary/aromatic N) is 1. The van der Waals surface area contributed by atoms with E-state index in [1.54, 1.807) is 11.3 Å². The van der Waals surface area contributed by atoms with E-state index >= 15 is 0 Å². The number of imide groups is 1. The van der Waals surface area contributed by atoms with Crippen LogP contribution in [-0.2, 0) is 16.1 Å². The van der Waals surface area contributed by atoms with E-state index in [-0.39, 0.29) is 25.0 Å². The average Bonchev–Trinajstić information content (AvgIpc) is 2.84. The van der Waals surface area contributed by atoms with Crippen LogP contribution in [0, 0.1) is 11.8 Å². The first-order chi connectivity index (χ1) is 9.93. The van der Waals surface area contributed by atoms with Crippen molar-refractivity contribution in [3.63, 3.8) is 0 Å². The van der Waals surface area contributed by atoms with Gasteiger partial charge in [-0.15, -0.1) is 11.3 Å². The van der Waals surface area contributed by atoms with Crippen molar-refractivity contribution in [3.8, 4) is 11.8 Å². The summed E-state index contributed by atoms with van der Waals surface area (Å²) in [4.78, 5) is 27.3. The van der Waals surface area contributed by atoms with Gasteiger partial charge in [-0.25, -0.2) is 0 Å². The summed E-state index contributed by atoms with van der Waals surface area (Å²) in [6, 6.07) is 3.88. The van der Waals surface area contributed by atoms with Crippen LogP contribution >= 0.6 is 11.3 Å². The summed E-state index contributed by atoms with van der Waals surface area (Å²) in [5.41, 5.74) is -0.708. The molecule has 0 radical (unpaired) electrons. The van der Waals surface area contributed by atoms with E-state index in [1.165, 1.54) is 0 Å². The van der Waals surface area contributed by atoms with Crippen LogP contribution in [0.25, 0.3) is 0 Å². The summed E-state index contributed by atoms with van der Waals surface area (Å²) in [7, 11) is 0. The van der Waals surface area contributed by atoms with Crippen LogP contribution in [0.1, 0.15) is 30.0 Å². The van der Waals surface area contributed by atoms with Crippen LogP contribution in [0.4, 0.5) is 0 Å². The van der Waals surface area contributed by atoms with E-state index in [0.717, 1.165) is 9.75 Å². The summed E-state index contributed by atoms with van der Waals surface area (Å²) in [6.07, 6.45) is 0.459. The number of piperazine rings is 1. The van der Waals surface area contributed by atoms with Crippen LogP contribution in [0.5, 0.6) is 0 Å². The Bertz CT molecular complexity index is 610. The molecule has 2 rings (SSSR count). The Morgan fingerprint density at radius 2 is 2.19 bits per heavy atom. The second kappa shape index (κ2) is 6.39. The molecule has 0 unspecified atom stereocenters. The number of carbonyl (C=O) groups excluding carboxylic acids is 2.